The monoisotopic (exact) mass is 408 g/mol. The quantitative estimate of drug-likeness (QED) is 0.687. The van der Waals surface area contributed by atoms with E-state index in [1.165, 1.54) is 5.56 Å². The lowest BCUT2D eigenvalue weighted by Crippen LogP contribution is -2.44. The first-order valence-corrected chi connectivity index (χ1v) is 10.6. The predicted octanol–water partition coefficient (Wildman–Crippen LogP) is 3.26. The fraction of sp³-hybridized carbons (Fsp3) is 0.417. The van der Waals surface area contributed by atoms with Crippen molar-refractivity contribution in [2.75, 3.05) is 37.7 Å². The highest BCUT2D eigenvalue weighted by atomic mass is 16.6. The summed E-state index contributed by atoms with van der Waals surface area (Å²) in [4.78, 5) is 28.6. The van der Waals surface area contributed by atoms with Gasteiger partial charge in [0.25, 0.3) is 0 Å². The van der Waals surface area contributed by atoms with Gasteiger partial charge >= 0.3 is 5.97 Å². The first-order valence-electron chi connectivity index (χ1n) is 10.6. The Morgan fingerprint density at radius 1 is 1.03 bits per heavy atom. The molecule has 2 aliphatic heterocycles. The highest BCUT2D eigenvalue weighted by Gasteiger charge is 2.23. The van der Waals surface area contributed by atoms with Crippen LogP contribution in [-0.4, -0.2) is 55.7 Å². The van der Waals surface area contributed by atoms with Gasteiger partial charge in [0.05, 0.1) is 12.2 Å². The summed E-state index contributed by atoms with van der Waals surface area (Å²) in [6.07, 6.45) is 2.42. The van der Waals surface area contributed by atoms with E-state index in [4.69, 9.17) is 9.47 Å². The van der Waals surface area contributed by atoms with Crippen LogP contribution in [0, 0.1) is 0 Å². The van der Waals surface area contributed by atoms with E-state index in [2.05, 4.69) is 17.0 Å². The van der Waals surface area contributed by atoms with E-state index < -0.39 is 0 Å². The summed E-state index contributed by atoms with van der Waals surface area (Å²) < 4.78 is 11.3. The number of morpholine rings is 1. The number of ether oxygens (including phenoxy) is 2. The molecule has 1 unspecified atom stereocenters. The summed E-state index contributed by atoms with van der Waals surface area (Å²) in [6.45, 7) is 4.07. The van der Waals surface area contributed by atoms with Crippen LogP contribution in [0.3, 0.4) is 0 Å². The lowest BCUT2D eigenvalue weighted by atomic mass is 10.1. The summed E-state index contributed by atoms with van der Waals surface area (Å²) in [6, 6.07) is 17.4. The molecule has 0 spiro atoms. The van der Waals surface area contributed by atoms with E-state index >= 15 is 0 Å². The molecule has 0 N–H and O–H groups in total. The summed E-state index contributed by atoms with van der Waals surface area (Å²) in [5, 5.41) is 0. The molecule has 0 aromatic heterocycles. The van der Waals surface area contributed by atoms with E-state index in [1.54, 1.807) is 17.0 Å². The molecule has 0 aliphatic carbocycles. The highest BCUT2D eigenvalue weighted by Crippen LogP contribution is 2.21. The molecule has 2 aromatic carbocycles. The number of esters is 1. The van der Waals surface area contributed by atoms with Crippen molar-refractivity contribution < 1.29 is 19.1 Å². The Kier molecular flexibility index (Phi) is 6.77. The van der Waals surface area contributed by atoms with Crippen molar-refractivity contribution in [3.63, 3.8) is 0 Å². The maximum atomic E-state index is 12.4. The van der Waals surface area contributed by atoms with Gasteiger partial charge in [-0.1, -0.05) is 30.3 Å². The number of hydrogen-bond acceptors (Lipinski definition) is 5. The van der Waals surface area contributed by atoms with Crippen LogP contribution in [0.25, 0.3) is 0 Å². The van der Waals surface area contributed by atoms with Gasteiger partial charge in [-0.05, 0) is 42.7 Å². The average Bonchev–Trinajstić information content (AvgIpc) is 2.79. The fourth-order valence-electron chi connectivity index (χ4n) is 3.97. The molecule has 0 radical (unpaired) electrons. The molecule has 0 saturated carbocycles. The number of anilines is 1. The lowest BCUT2D eigenvalue weighted by Gasteiger charge is -2.32. The number of amides is 1. The Morgan fingerprint density at radius 2 is 1.83 bits per heavy atom. The number of piperidine rings is 1. The topological polar surface area (TPSA) is 59.1 Å². The van der Waals surface area contributed by atoms with Crippen molar-refractivity contribution in [3.05, 3.63) is 65.7 Å². The molecule has 158 valence electrons. The van der Waals surface area contributed by atoms with Crippen molar-refractivity contribution in [2.45, 2.75) is 31.9 Å². The Balaban J connectivity index is 1.27. The van der Waals surface area contributed by atoms with Crippen LogP contribution in [-0.2, 0) is 20.8 Å². The molecule has 1 amide bonds. The van der Waals surface area contributed by atoms with Gasteiger partial charge in [0.1, 0.15) is 12.7 Å². The molecule has 30 heavy (non-hydrogen) atoms. The molecule has 1 atom stereocenters. The van der Waals surface area contributed by atoms with Gasteiger partial charge in [0, 0.05) is 38.3 Å². The van der Waals surface area contributed by atoms with Crippen molar-refractivity contribution >= 4 is 17.6 Å². The van der Waals surface area contributed by atoms with Crippen molar-refractivity contribution in [1.82, 2.24) is 4.90 Å². The van der Waals surface area contributed by atoms with Gasteiger partial charge in [0.15, 0.2) is 0 Å². The van der Waals surface area contributed by atoms with E-state index in [0.29, 0.717) is 18.6 Å². The van der Waals surface area contributed by atoms with Crippen LogP contribution in [0.2, 0.25) is 0 Å². The minimum absolute atomic E-state index is 0.128. The van der Waals surface area contributed by atoms with Gasteiger partial charge < -0.3 is 14.4 Å². The summed E-state index contributed by atoms with van der Waals surface area (Å²) >= 11 is 0. The second-order valence-corrected chi connectivity index (χ2v) is 7.86. The van der Waals surface area contributed by atoms with Crippen LogP contribution in [0.1, 0.15) is 35.2 Å². The van der Waals surface area contributed by atoms with Gasteiger partial charge in [0.2, 0.25) is 5.91 Å². The molecule has 2 saturated heterocycles. The van der Waals surface area contributed by atoms with Crippen LogP contribution < -0.4 is 4.90 Å². The third-order valence-electron chi connectivity index (χ3n) is 5.61. The average molecular weight is 408 g/mol. The first kappa shape index (κ1) is 20.6. The zero-order valence-corrected chi connectivity index (χ0v) is 17.2. The van der Waals surface area contributed by atoms with E-state index in [0.717, 1.165) is 44.7 Å². The predicted molar refractivity (Wildman–Crippen MR) is 114 cm³/mol. The Labute approximate surface area is 177 Å². The maximum Gasteiger partial charge on any atom is 0.338 e. The Hall–Kier alpha value is -2.70. The van der Waals surface area contributed by atoms with Crippen molar-refractivity contribution in [3.8, 4) is 0 Å². The summed E-state index contributed by atoms with van der Waals surface area (Å²) in [7, 11) is 0. The summed E-state index contributed by atoms with van der Waals surface area (Å²) in [5.41, 5.74) is 2.59. The Bertz CT molecular complexity index is 853. The second-order valence-electron chi connectivity index (χ2n) is 7.86. The molecule has 4 rings (SSSR count). The number of benzene rings is 2. The molecule has 0 bridgehead atoms. The van der Waals surface area contributed by atoms with Gasteiger partial charge in [-0.25, -0.2) is 4.79 Å². The first-order chi connectivity index (χ1) is 14.7. The molecular weight excluding hydrogens is 380 g/mol. The fourth-order valence-corrected chi connectivity index (χ4v) is 3.97. The van der Waals surface area contributed by atoms with Crippen LogP contribution in [0.4, 0.5) is 5.69 Å². The van der Waals surface area contributed by atoms with Gasteiger partial charge in [-0.3, -0.25) is 9.69 Å². The third-order valence-corrected chi connectivity index (χ3v) is 5.61. The lowest BCUT2D eigenvalue weighted by molar-refractivity contribution is -0.119. The zero-order chi connectivity index (χ0) is 20.8. The molecule has 2 aromatic rings. The number of carbonyl (C=O) groups excluding carboxylic acids is 2. The second kappa shape index (κ2) is 9.87. The molecule has 2 fully saturated rings. The van der Waals surface area contributed by atoms with Crippen LogP contribution >= 0.6 is 0 Å². The normalized spacial score (nSPS) is 20.2. The molecule has 6 nitrogen and oxygen atoms in total. The summed E-state index contributed by atoms with van der Waals surface area (Å²) in [5.74, 6) is -0.221. The standard InChI is InChI=1S/C24H28N2O4/c27-23-8-4-5-13-26(23)21-11-9-20(10-12-21)24(28)30-18-22-17-25(14-15-29-22)16-19-6-2-1-3-7-19/h1-3,6-7,9-12,22H,4-5,8,13-18H2. The largest absolute Gasteiger partial charge is 0.459 e. The van der Waals surface area contributed by atoms with Crippen LogP contribution in [0.15, 0.2) is 54.6 Å². The van der Waals surface area contributed by atoms with Crippen molar-refractivity contribution in [1.29, 1.82) is 0 Å². The van der Waals surface area contributed by atoms with Gasteiger partial charge in [-0.2, -0.15) is 0 Å². The number of carbonyl (C=O) groups is 2. The maximum absolute atomic E-state index is 12.4. The molecule has 2 aliphatic rings. The highest BCUT2D eigenvalue weighted by molar-refractivity contribution is 5.95. The SMILES string of the molecule is O=C(OCC1CN(Cc2ccccc2)CCO1)c1ccc(N2CCCCC2=O)cc1. The van der Waals surface area contributed by atoms with Crippen molar-refractivity contribution in [2.24, 2.45) is 0 Å². The zero-order valence-electron chi connectivity index (χ0n) is 17.2. The Morgan fingerprint density at radius 3 is 2.60 bits per heavy atom. The number of nitrogens with zero attached hydrogens (tertiary/aromatic N) is 2. The molecule has 2 heterocycles. The minimum Gasteiger partial charge on any atom is -0.459 e. The molecular formula is C24H28N2O4. The smallest absolute Gasteiger partial charge is 0.338 e. The van der Waals surface area contributed by atoms with Gasteiger partial charge in [-0.15, -0.1) is 0 Å². The van der Waals surface area contributed by atoms with E-state index in [-0.39, 0.29) is 24.6 Å². The number of hydrogen-bond donors (Lipinski definition) is 0. The van der Waals surface area contributed by atoms with Crippen LogP contribution in [0.5, 0.6) is 0 Å². The van der Waals surface area contributed by atoms with E-state index in [9.17, 15) is 9.59 Å². The van der Waals surface area contributed by atoms with E-state index in [1.807, 2.05) is 30.3 Å². The third kappa shape index (κ3) is 5.26. The number of rotatable bonds is 6. The minimum atomic E-state index is -0.365. The molecule has 6 heteroatoms.